The smallest absolute Gasteiger partial charge is 0.236 e. The molecule has 0 fully saturated rings. The van der Waals surface area contributed by atoms with E-state index in [1.807, 2.05) is 18.2 Å². The van der Waals surface area contributed by atoms with Crippen LogP contribution in [0, 0.1) is 0 Å². The summed E-state index contributed by atoms with van der Waals surface area (Å²) >= 11 is 7.41. The maximum Gasteiger partial charge on any atom is 0.236 e. The number of carbonyl (C=O) groups excluding carboxylic acids is 1. The highest BCUT2D eigenvalue weighted by Crippen LogP contribution is 2.29. The lowest BCUT2D eigenvalue weighted by molar-refractivity contribution is -0.113. The van der Waals surface area contributed by atoms with Gasteiger partial charge in [-0.2, -0.15) is 0 Å². The predicted molar refractivity (Wildman–Crippen MR) is 91.0 cm³/mol. The number of thioether (sulfide) groups is 1. The van der Waals surface area contributed by atoms with E-state index in [-0.39, 0.29) is 11.7 Å². The van der Waals surface area contributed by atoms with Crippen LogP contribution in [-0.2, 0) is 4.79 Å². The summed E-state index contributed by atoms with van der Waals surface area (Å²) in [5.74, 6) is 0.112. The van der Waals surface area contributed by atoms with E-state index in [1.165, 1.54) is 34.4 Å². The topological polar surface area (TPSA) is 93.8 Å². The number of nitrogens with one attached hydrogen (secondary N) is 1. The van der Waals surface area contributed by atoms with Gasteiger partial charge in [-0.1, -0.05) is 50.4 Å². The number of amides is 1. The molecule has 0 saturated heterocycles. The molecule has 0 aliphatic heterocycles. The van der Waals surface area contributed by atoms with Gasteiger partial charge in [0.15, 0.2) is 9.47 Å². The van der Waals surface area contributed by atoms with E-state index in [2.05, 4.69) is 36.4 Å². The molecule has 0 spiro atoms. The van der Waals surface area contributed by atoms with Crippen molar-refractivity contribution in [3.8, 4) is 0 Å². The van der Waals surface area contributed by atoms with Crippen LogP contribution < -0.4 is 11.1 Å². The number of fused-ring (bicyclic) bond motifs is 1. The monoisotopic (exact) mass is 401 g/mol. The van der Waals surface area contributed by atoms with Crippen LogP contribution in [0.4, 0.5) is 10.3 Å². The second-order valence-corrected chi connectivity index (χ2v) is 8.05. The van der Waals surface area contributed by atoms with Crippen LogP contribution in [0.3, 0.4) is 0 Å². The summed E-state index contributed by atoms with van der Waals surface area (Å²) in [6, 6.07) is 5.80. The largest absolute Gasteiger partial charge is 0.374 e. The quantitative estimate of drug-likeness (QED) is 0.651. The van der Waals surface area contributed by atoms with E-state index in [9.17, 15) is 4.79 Å². The number of nitrogens with zero attached hydrogens (tertiary/aromatic N) is 3. The molecular formula is C11H8BrN5OS3. The highest BCUT2D eigenvalue weighted by molar-refractivity contribution is 9.10. The maximum absolute atomic E-state index is 11.9. The van der Waals surface area contributed by atoms with Gasteiger partial charge in [0.25, 0.3) is 0 Å². The first-order valence-electron chi connectivity index (χ1n) is 5.68. The number of nitrogens with two attached hydrogens (primary N) is 1. The zero-order valence-electron chi connectivity index (χ0n) is 10.4. The number of halogens is 1. The number of carbonyl (C=O) groups is 1. The van der Waals surface area contributed by atoms with Gasteiger partial charge in [0.05, 0.1) is 16.0 Å². The molecular weight excluding hydrogens is 394 g/mol. The molecule has 6 nitrogen and oxygen atoms in total. The molecule has 3 rings (SSSR count). The molecule has 3 aromatic rings. The Morgan fingerprint density at radius 3 is 3.00 bits per heavy atom. The van der Waals surface area contributed by atoms with Crippen molar-refractivity contribution in [2.24, 2.45) is 0 Å². The molecule has 0 saturated carbocycles. The first kappa shape index (κ1) is 14.7. The van der Waals surface area contributed by atoms with Gasteiger partial charge >= 0.3 is 0 Å². The van der Waals surface area contributed by atoms with Crippen LogP contribution in [0.5, 0.6) is 0 Å². The van der Waals surface area contributed by atoms with Crippen molar-refractivity contribution in [2.75, 3.05) is 16.8 Å². The second-order valence-electron chi connectivity index (χ2n) is 3.87. The third-order valence-electron chi connectivity index (χ3n) is 2.35. The Balaban J connectivity index is 1.63. The number of hydrogen-bond donors (Lipinski definition) is 2. The molecule has 3 N–H and O–H groups in total. The minimum absolute atomic E-state index is 0.133. The fraction of sp³-hybridized carbons (Fsp3) is 0.0909. The number of thiazole rings is 1. The fourth-order valence-electron chi connectivity index (χ4n) is 1.51. The van der Waals surface area contributed by atoms with Crippen molar-refractivity contribution < 1.29 is 4.79 Å². The van der Waals surface area contributed by atoms with Gasteiger partial charge in [0, 0.05) is 4.47 Å². The Kier molecular flexibility index (Phi) is 4.38. The van der Waals surface area contributed by atoms with Crippen molar-refractivity contribution in [3.63, 3.8) is 0 Å². The Bertz CT molecular complexity index is 802. The zero-order valence-corrected chi connectivity index (χ0v) is 14.4. The molecule has 0 bridgehead atoms. The van der Waals surface area contributed by atoms with E-state index in [4.69, 9.17) is 5.73 Å². The fourth-order valence-corrected chi connectivity index (χ4v) is 4.38. The summed E-state index contributed by atoms with van der Waals surface area (Å²) in [6.07, 6.45) is 0. The number of rotatable bonds is 4. The summed E-state index contributed by atoms with van der Waals surface area (Å²) < 4.78 is 2.68. The minimum Gasteiger partial charge on any atom is -0.374 e. The molecule has 1 amide bonds. The molecule has 0 radical (unpaired) electrons. The van der Waals surface area contributed by atoms with Gasteiger partial charge in [-0.3, -0.25) is 4.79 Å². The van der Waals surface area contributed by atoms with Gasteiger partial charge in [0.2, 0.25) is 11.0 Å². The number of benzene rings is 1. The van der Waals surface area contributed by atoms with Crippen LogP contribution in [0.2, 0.25) is 0 Å². The number of nitrogen functional groups attached to an aromatic ring is 1. The molecule has 21 heavy (non-hydrogen) atoms. The summed E-state index contributed by atoms with van der Waals surface area (Å²) in [4.78, 5) is 16.3. The molecule has 2 heterocycles. The van der Waals surface area contributed by atoms with E-state index in [0.29, 0.717) is 14.6 Å². The van der Waals surface area contributed by atoms with Gasteiger partial charge < -0.3 is 11.1 Å². The highest BCUT2D eigenvalue weighted by Gasteiger charge is 2.10. The molecule has 10 heteroatoms. The number of hydrogen-bond acceptors (Lipinski definition) is 8. The van der Waals surface area contributed by atoms with E-state index < -0.39 is 0 Å². The van der Waals surface area contributed by atoms with Crippen molar-refractivity contribution in [1.82, 2.24) is 15.2 Å². The molecule has 0 aliphatic carbocycles. The Morgan fingerprint density at radius 2 is 2.24 bits per heavy atom. The number of aromatic nitrogens is 3. The normalized spacial score (nSPS) is 10.9. The molecule has 0 unspecified atom stereocenters. The summed E-state index contributed by atoms with van der Waals surface area (Å²) in [5.41, 5.74) is 6.35. The lowest BCUT2D eigenvalue weighted by Crippen LogP contribution is -2.13. The standard InChI is InChI=1S/C11H8BrN5OS3/c12-5-1-2-6-7(3-5)20-10(14-6)15-8(18)4-19-11-17-16-9(13)21-11/h1-3H,4H2,(H2,13,16)(H,14,15,18). The van der Waals surface area contributed by atoms with Crippen LogP contribution in [0.15, 0.2) is 27.0 Å². The Morgan fingerprint density at radius 1 is 1.38 bits per heavy atom. The molecule has 0 atom stereocenters. The van der Waals surface area contributed by atoms with Crippen molar-refractivity contribution in [1.29, 1.82) is 0 Å². The lowest BCUT2D eigenvalue weighted by atomic mass is 10.3. The number of anilines is 2. The highest BCUT2D eigenvalue weighted by atomic mass is 79.9. The minimum atomic E-state index is -0.133. The van der Waals surface area contributed by atoms with Crippen LogP contribution in [0.1, 0.15) is 0 Å². The third-order valence-corrected chi connectivity index (χ3v) is 5.66. The van der Waals surface area contributed by atoms with Crippen molar-refractivity contribution >= 4 is 76.8 Å². The van der Waals surface area contributed by atoms with E-state index in [0.717, 1.165) is 14.7 Å². The van der Waals surface area contributed by atoms with Gasteiger partial charge in [-0.25, -0.2) is 4.98 Å². The Hall–Kier alpha value is -1.23. The van der Waals surface area contributed by atoms with E-state index in [1.54, 1.807) is 0 Å². The van der Waals surface area contributed by atoms with Gasteiger partial charge in [-0.15, -0.1) is 10.2 Å². The van der Waals surface area contributed by atoms with Crippen LogP contribution in [0.25, 0.3) is 10.2 Å². The lowest BCUT2D eigenvalue weighted by Gasteiger charge is -1.98. The summed E-state index contributed by atoms with van der Waals surface area (Å²) in [6.45, 7) is 0. The molecule has 0 aliphatic rings. The Labute approximate surface area is 140 Å². The molecule has 108 valence electrons. The third kappa shape index (κ3) is 3.70. The average Bonchev–Trinajstić information content (AvgIpc) is 3.01. The van der Waals surface area contributed by atoms with Crippen molar-refractivity contribution in [2.45, 2.75) is 4.34 Å². The van der Waals surface area contributed by atoms with Gasteiger partial charge in [0.1, 0.15) is 0 Å². The van der Waals surface area contributed by atoms with Crippen LogP contribution in [-0.4, -0.2) is 26.8 Å². The SMILES string of the molecule is Nc1nnc(SCC(=O)Nc2nc3ccc(Br)cc3s2)s1. The van der Waals surface area contributed by atoms with Crippen LogP contribution >= 0.6 is 50.4 Å². The first-order chi connectivity index (χ1) is 10.1. The molecule has 1 aromatic carbocycles. The predicted octanol–water partition coefficient (Wildman–Crippen LogP) is 3.22. The summed E-state index contributed by atoms with van der Waals surface area (Å²) in [7, 11) is 0. The average molecular weight is 402 g/mol. The van der Waals surface area contributed by atoms with E-state index >= 15 is 0 Å². The van der Waals surface area contributed by atoms with Gasteiger partial charge in [-0.05, 0) is 18.2 Å². The molecule has 2 aromatic heterocycles. The second kappa shape index (κ2) is 6.26. The zero-order chi connectivity index (χ0) is 14.8. The first-order valence-corrected chi connectivity index (χ1v) is 9.09. The van der Waals surface area contributed by atoms with Crippen molar-refractivity contribution in [3.05, 3.63) is 22.7 Å². The summed E-state index contributed by atoms with van der Waals surface area (Å²) in [5, 5.41) is 11.3. The maximum atomic E-state index is 11.9.